The molecule has 3 aromatic rings. The van der Waals surface area contributed by atoms with E-state index in [4.69, 9.17) is 5.73 Å². The second-order valence-corrected chi connectivity index (χ2v) is 11.1. The number of hydrogen-bond donors (Lipinski definition) is 2. The molecular weight excluding hydrogens is 476 g/mol. The van der Waals surface area contributed by atoms with Crippen LogP contribution in [-0.2, 0) is 16.6 Å². The molecule has 0 bridgehead atoms. The van der Waals surface area contributed by atoms with Gasteiger partial charge in [0.15, 0.2) is 0 Å². The number of aryl methyl sites for hydroxylation is 3. The lowest BCUT2D eigenvalue weighted by atomic mass is 9.83. The van der Waals surface area contributed by atoms with Crippen molar-refractivity contribution in [3.05, 3.63) is 41.2 Å². The van der Waals surface area contributed by atoms with Crippen LogP contribution in [0.25, 0.3) is 27.9 Å². The summed E-state index contributed by atoms with van der Waals surface area (Å²) in [5.74, 6) is 0.691. The van der Waals surface area contributed by atoms with Gasteiger partial charge in [0.2, 0.25) is 11.8 Å². The zero-order valence-electron chi connectivity index (χ0n) is 23.1. The minimum atomic E-state index is -0.0963. The van der Waals surface area contributed by atoms with Crippen molar-refractivity contribution in [2.45, 2.75) is 59.8 Å². The molecule has 0 radical (unpaired) electrons. The third-order valence-electron chi connectivity index (χ3n) is 8.06. The van der Waals surface area contributed by atoms with E-state index >= 15 is 0 Å². The summed E-state index contributed by atoms with van der Waals surface area (Å²) in [6.45, 7) is 9.70. The van der Waals surface area contributed by atoms with Crippen molar-refractivity contribution in [3.8, 4) is 11.3 Å². The first-order chi connectivity index (χ1) is 18.2. The molecule has 0 spiro atoms. The zero-order chi connectivity index (χ0) is 27.1. The van der Waals surface area contributed by atoms with Crippen molar-refractivity contribution < 1.29 is 9.59 Å². The number of nitrogens with zero attached hydrogens (tertiary/aromatic N) is 4. The number of allylic oxidation sites excluding steroid dienone is 2. The standard InChI is InChI=1S/C30H38N6O2/c1-17(2)29(37)34-22-14-18(3)23(19(4)15-22)26-24(25-27(31)32-16-33-28(25)35(26)5)20-8-10-21(11-9-20)30(38)36-12-6-7-13-36/h8,14-17,21H,6-7,9-13H2,1-5H3,(H,34,37)(H2,31,32,33)/t21-/m1/s1. The van der Waals surface area contributed by atoms with Crippen LogP contribution < -0.4 is 11.1 Å². The van der Waals surface area contributed by atoms with Gasteiger partial charge >= 0.3 is 0 Å². The highest BCUT2D eigenvalue weighted by atomic mass is 16.2. The molecule has 1 aliphatic carbocycles. The van der Waals surface area contributed by atoms with E-state index < -0.39 is 0 Å². The number of aromatic nitrogens is 3. The van der Waals surface area contributed by atoms with Crippen LogP contribution in [0.2, 0.25) is 0 Å². The smallest absolute Gasteiger partial charge is 0.226 e. The van der Waals surface area contributed by atoms with Crippen molar-refractivity contribution in [2.24, 2.45) is 18.9 Å². The Bertz CT molecular complexity index is 1420. The predicted molar refractivity (Wildman–Crippen MR) is 152 cm³/mol. The van der Waals surface area contributed by atoms with E-state index in [1.165, 1.54) is 11.9 Å². The van der Waals surface area contributed by atoms with E-state index in [9.17, 15) is 9.59 Å². The summed E-state index contributed by atoms with van der Waals surface area (Å²) < 4.78 is 2.10. The van der Waals surface area contributed by atoms with Crippen LogP contribution in [0.5, 0.6) is 0 Å². The molecule has 1 aromatic carbocycles. The number of nitrogen functional groups attached to an aromatic ring is 1. The molecule has 3 heterocycles. The monoisotopic (exact) mass is 514 g/mol. The Morgan fingerprint density at radius 1 is 1.08 bits per heavy atom. The van der Waals surface area contributed by atoms with Gasteiger partial charge in [-0.15, -0.1) is 0 Å². The number of fused-ring (bicyclic) bond motifs is 1. The first-order valence-electron chi connectivity index (χ1n) is 13.7. The van der Waals surface area contributed by atoms with Gasteiger partial charge in [-0.25, -0.2) is 9.97 Å². The molecule has 8 nitrogen and oxygen atoms in total. The maximum Gasteiger partial charge on any atom is 0.226 e. The summed E-state index contributed by atoms with van der Waals surface area (Å²) in [4.78, 5) is 36.4. The normalized spacial score (nSPS) is 17.8. The van der Waals surface area contributed by atoms with E-state index in [1.807, 2.05) is 37.9 Å². The predicted octanol–water partition coefficient (Wildman–Crippen LogP) is 5.23. The molecule has 1 saturated heterocycles. The Labute approximate surface area is 224 Å². The van der Waals surface area contributed by atoms with Crippen molar-refractivity contribution >= 4 is 39.9 Å². The molecule has 2 aliphatic rings. The van der Waals surface area contributed by atoms with Gasteiger partial charge in [0.05, 0.1) is 11.1 Å². The van der Waals surface area contributed by atoms with Crippen molar-refractivity contribution in [3.63, 3.8) is 0 Å². The minimum absolute atomic E-state index is 0.00437. The molecule has 0 unspecified atom stereocenters. The number of carbonyl (C=O) groups excluding carboxylic acids is 2. The number of benzene rings is 1. The molecule has 0 saturated carbocycles. The number of nitrogens with one attached hydrogen (secondary N) is 1. The summed E-state index contributed by atoms with van der Waals surface area (Å²) in [5.41, 5.74) is 14.5. The van der Waals surface area contributed by atoms with Gasteiger partial charge in [-0.2, -0.15) is 0 Å². The largest absolute Gasteiger partial charge is 0.383 e. The molecule has 38 heavy (non-hydrogen) atoms. The van der Waals surface area contributed by atoms with Crippen molar-refractivity contribution in [1.82, 2.24) is 19.4 Å². The fourth-order valence-corrected chi connectivity index (χ4v) is 6.06. The summed E-state index contributed by atoms with van der Waals surface area (Å²) in [5, 5.41) is 3.89. The SMILES string of the molecule is Cc1cc(NC(=O)C(C)C)cc(C)c1-c1c(C2=CC[C@@H](C(=O)N3CCCC3)CC2)c2c(N)ncnc2n1C. The number of likely N-dealkylation sites (tertiary alicyclic amines) is 1. The fraction of sp³-hybridized carbons (Fsp3) is 0.467. The number of rotatable bonds is 5. The van der Waals surface area contributed by atoms with E-state index in [2.05, 4.69) is 39.8 Å². The van der Waals surface area contributed by atoms with Crippen LogP contribution >= 0.6 is 0 Å². The highest BCUT2D eigenvalue weighted by Gasteiger charge is 2.31. The second-order valence-electron chi connectivity index (χ2n) is 11.1. The number of anilines is 2. The Hall–Kier alpha value is -3.68. The third kappa shape index (κ3) is 4.57. The van der Waals surface area contributed by atoms with Crippen LogP contribution in [0, 0.1) is 25.7 Å². The second kappa shape index (κ2) is 10.2. The Morgan fingerprint density at radius 3 is 2.37 bits per heavy atom. The number of nitrogens with two attached hydrogens (primary N) is 1. The summed E-state index contributed by atoms with van der Waals surface area (Å²) in [6.07, 6.45) is 8.30. The molecule has 1 fully saturated rings. The van der Waals surface area contributed by atoms with Crippen LogP contribution in [0.15, 0.2) is 24.5 Å². The number of carbonyl (C=O) groups is 2. The van der Waals surface area contributed by atoms with Crippen LogP contribution in [0.1, 0.15) is 62.6 Å². The highest BCUT2D eigenvalue weighted by Crippen LogP contribution is 2.45. The van der Waals surface area contributed by atoms with E-state index in [1.54, 1.807) is 0 Å². The first kappa shape index (κ1) is 25.9. The first-order valence-corrected chi connectivity index (χ1v) is 13.7. The van der Waals surface area contributed by atoms with Gasteiger partial charge in [-0.3, -0.25) is 9.59 Å². The van der Waals surface area contributed by atoms with E-state index in [-0.39, 0.29) is 17.7 Å². The molecule has 8 heteroatoms. The van der Waals surface area contributed by atoms with Crippen LogP contribution in [-0.4, -0.2) is 44.3 Å². The lowest BCUT2D eigenvalue weighted by Gasteiger charge is -2.26. The molecule has 1 aliphatic heterocycles. The van der Waals surface area contributed by atoms with Crippen molar-refractivity contribution in [1.29, 1.82) is 0 Å². The molecular formula is C30H38N6O2. The lowest BCUT2D eigenvalue weighted by molar-refractivity contribution is -0.134. The van der Waals surface area contributed by atoms with Gasteiger partial charge in [-0.05, 0) is 74.8 Å². The molecule has 2 aromatic heterocycles. The minimum Gasteiger partial charge on any atom is -0.383 e. The molecule has 1 atom stereocenters. The van der Waals surface area contributed by atoms with Gasteiger partial charge in [0, 0.05) is 48.8 Å². The molecule has 5 rings (SSSR count). The molecule has 3 N–H and O–H groups in total. The van der Waals surface area contributed by atoms with Gasteiger partial charge in [-0.1, -0.05) is 19.9 Å². The Balaban J connectivity index is 1.60. The lowest BCUT2D eigenvalue weighted by Crippen LogP contribution is -2.34. The summed E-state index contributed by atoms with van der Waals surface area (Å²) in [6, 6.07) is 4.05. The maximum absolute atomic E-state index is 13.1. The summed E-state index contributed by atoms with van der Waals surface area (Å²) in [7, 11) is 2.02. The number of hydrogen-bond acceptors (Lipinski definition) is 5. The van der Waals surface area contributed by atoms with Crippen LogP contribution in [0.4, 0.5) is 11.5 Å². The Morgan fingerprint density at radius 2 is 1.76 bits per heavy atom. The zero-order valence-corrected chi connectivity index (χ0v) is 23.1. The van der Waals surface area contributed by atoms with Gasteiger partial charge in [0.25, 0.3) is 0 Å². The van der Waals surface area contributed by atoms with Gasteiger partial charge < -0.3 is 20.5 Å². The van der Waals surface area contributed by atoms with Gasteiger partial charge in [0.1, 0.15) is 17.8 Å². The van der Waals surface area contributed by atoms with Crippen molar-refractivity contribution in [2.75, 3.05) is 24.1 Å². The molecule has 2 amide bonds. The maximum atomic E-state index is 13.1. The fourth-order valence-electron chi connectivity index (χ4n) is 6.06. The average Bonchev–Trinajstić information content (AvgIpc) is 3.52. The van der Waals surface area contributed by atoms with E-state index in [0.29, 0.717) is 11.7 Å². The van der Waals surface area contributed by atoms with Crippen LogP contribution in [0.3, 0.4) is 0 Å². The number of amides is 2. The quantitative estimate of drug-likeness (QED) is 0.485. The summed E-state index contributed by atoms with van der Waals surface area (Å²) >= 11 is 0. The van der Waals surface area contributed by atoms with E-state index in [0.717, 1.165) is 89.9 Å². The highest BCUT2D eigenvalue weighted by molar-refractivity contribution is 6.05. The third-order valence-corrected chi connectivity index (χ3v) is 8.06. The topological polar surface area (TPSA) is 106 Å². The Kier molecular flexibility index (Phi) is 6.99. The average molecular weight is 515 g/mol. The molecule has 200 valence electrons.